The van der Waals surface area contributed by atoms with Gasteiger partial charge in [-0.25, -0.2) is 4.79 Å². The minimum atomic E-state index is -1.07. The first-order valence-corrected chi connectivity index (χ1v) is 5.96. The number of hydrogen-bond acceptors (Lipinski definition) is 4. The highest BCUT2D eigenvalue weighted by Gasteiger charge is 2.10. The molecule has 0 aliphatic heterocycles. The van der Waals surface area contributed by atoms with Crippen LogP contribution in [0.3, 0.4) is 0 Å². The molecule has 0 aliphatic carbocycles. The zero-order valence-corrected chi connectivity index (χ0v) is 11.0. The molecule has 0 aromatic heterocycles. The standard InChI is InChI=1S/C13H15N3O4/c1-2-19-11-7-3-5-10(6-4-8-15-16-14)13(11)20-9-12(17)18/h3-7H,2,8-9H2,1H3,(H,17,18). The van der Waals surface area contributed by atoms with Crippen LogP contribution in [0.15, 0.2) is 29.4 Å². The van der Waals surface area contributed by atoms with Crippen LogP contribution in [-0.2, 0) is 4.79 Å². The van der Waals surface area contributed by atoms with Gasteiger partial charge in [0.2, 0.25) is 0 Å². The van der Waals surface area contributed by atoms with Gasteiger partial charge in [0.25, 0.3) is 0 Å². The van der Waals surface area contributed by atoms with Gasteiger partial charge in [0, 0.05) is 17.0 Å². The second kappa shape index (κ2) is 8.44. The first kappa shape index (κ1) is 15.4. The monoisotopic (exact) mass is 277 g/mol. The summed E-state index contributed by atoms with van der Waals surface area (Å²) >= 11 is 0. The molecule has 0 atom stereocenters. The summed E-state index contributed by atoms with van der Waals surface area (Å²) < 4.78 is 10.7. The molecule has 1 rings (SSSR count). The van der Waals surface area contributed by atoms with E-state index in [9.17, 15) is 4.79 Å². The number of ether oxygens (including phenoxy) is 2. The number of carbonyl (C=O) groups is 1. The lowest BCUT2D eigenvalue weighted by Crippen LogP contribution is -2.11. The Hall–Kier alpha value is -2.66. The highest BCUT2D eigenvalue weighted by atomic mass is 16.5. The van der Waals surface area contributed by atoms with Crippen molar-refractivity contribution in [2.75, 3.05) is 19.8 Å². The van der Waals surface area contributed by atoms with Crippen LogP contribution in [-0.4, -0.2) is 30.8 Å². The lowest BCUT2D eigenvalue weighted by atomic mass is 10.1. The summed E-state index contributed by atoms with van der Waals surface area (Å²) in [4.78, 5) is 13.2. The van der Waals surface area contributed by atoms with Crippen LogP contribution >= 0.6 is 0 Å². The topological polar surface area (TPSA) is 105 Å². The quantitative estimate of drug-likeness (QED) is 0.448. The van der Waals surface area contributed by atoms with Gasteiger partial charge in [0.1, 0.15) is 0 Å². The van der Waals surface area contributed by atoms with E-state index in [-0.39, 0.29) is 6.54 Å². The molecule has 0 saturated heterocycles. The Morgan fingerprint density at radius 2 is 2.30 bits per heavy atom. The third-order valence-corrected chi connectivity index (χ3v) is 2.20. The number of nitrogens with zero attached hydrogens (tertiary/aromatic N) is 3. The molecule has 0 radical (unpaired) electrons. The van der Waals surface area contributed by atoms with Gasteiger partial charge in [-0.15, -0.1) is 0 Å². The molecule has 0 fully saturated rings. The van der Waals surface area contributed by atoms with E-state index in [2.05, 4.69) is 10.0 Å². The lowest BCUT2D eigenvalue weighted by Gasteiger charge is -2.13. The molecule has 0 aliphatic rings. The van der Waals surface area contributed by atoms with E-state index in [1.807, 2.05) is 6.92 Å². The van der Waals surface area contributed by atoms with Crippen LogP contribution in [0.5, 0.6) is 11.5 Å². The number of para-hydroxylation sites is 1. The SMILES string of the molecule is CCOc1cccc(C=CCN=[N+]=[N-])c1OCC(=O)O. The van der Waals surface area contributed by atoms with E-state index in [0.29, 0.717) is 23.7 Å². The van der Waals surface area contributed by atoms with E-state index >= 15 is 0 Å². The molecule has 1 aromatic carbocycles. The number of hydrogen-bond donors (Lipinski definition) is 1. The zero-order chi connectivity index (χ0) is 14.8. The molecule has 0 amide bonds. The maximum atomic E-state index is 10.6. The molecular formula is C13H15N3O4. The first-order valence-electron chi connectivity index (χ1n) is 5.96. The van der Waals surface area contributed by atoms with Gasteiger partial charge in [0.15, 0.2) is 18.1 Å². The predicted octanol–water partition coefficient (Wildman–Crippen LogP) is 2.87. The van der Waals surface area contributed by atoms with Gasteiger partial charge in [-0.05, 0) is 18.5 Å². The fraction of sp³-hybridized carbons (Fsp3) is 0.308. The van der Waals surface area contributed by atoms with Crippen LogP contribution in [0, 0.1) is 0 Å². The molecular weight excluding hydrogens is 262 g/mol. The molecule has 1 N–H and O–H groups in total. The van der Waals surface area contributed by atoms with Crippen molar-refractivity contribution in [1.82, 2.24) is 0 Å². The molecule has 0 unspecified atom stereocenters. The van der Waals surface area contributed by atoms with Crippen molar-refractivity contribution in [3.8, 4) is 11.5 Å². The van der Waals surface area contributed by atoms with Crippen LogP contribution in [0.4, 0.5) is 0 Å². The molecule has 0 heterocycles. The Morgan fingerprint density at radius 3 is 2.95 bits per heavy atom. The van der Waals surface area contributed by atoms with E-state index in [0.717, 1.165) is 0 Å². The molecule has 0 bridgehead atoms. The Bertz CT molecular complexity index is 536. The van der Waals surface area contributed by atoms with Gasteiger partial charge in [-0.3, -0.25) is 0 Å². The van der Waals surface area contributed by atoms with Gasteiger partial charge in [-0.1, -0.05) is 29.4 Å². The summed E-state index contributed by atoms with van der Waals surface area (Å²) in [6.07, 6.45) is 3.34. The number of azide groups is 1. The molecule has 20 heavy (non-hydrogen) atoms. The van der Waals surface area contributed by atoms with Crippen molar-refractivity contribution in [2.24, 2.45) is 5.11 Å². The molecule has 0 spiro atoms. The summed E-state index contributed by atoms with van der Waals surface area (Å²) in [6, 6.07) is 5.23. The summed E-state index contributed by atoms with van der Waals surface area (Å²) in [5.74, 6) is -0.242. The summed E-state index contributed by atoms with van der Waals surface area (Å²) in [7, 11) is 0. The fourth-order valence-corrected chi connectivity index (χ4v) is 1.48. The van der Waals surface area contributed by atoms with Crippen LogP contribution in [0.25, 0.3) is 16.5 Å². The van der Waals surface area contributed by atoms with E-state index in [4.69, 9.17) is 20.1 Å². The minimum absolute atomic E-state index is 0.202. The fourth-order valence-electron chi connectivity index (χ4n) is 1.48. The molecule has 0 saturated carbocycles. The van der Waals surface area contributed by atoms with Crippen molar-refractivity contribution in [1.29, 1.82) is 0 Å². The summed E-state index contributed by atoms with van der Waals surface area (Å²) in [6.45, 7) is 2.01. The molecule has 106 valence electrons. The van der Waals surface area contributed by atoms with Gasteiger partial charge in [0.05, 0.1) is 6.61 Å². The minimum Gasteiger partial charge on any atom is -0.490 e. The molecule has 7 heteroatoms. The van der Waals surface area contributed by atoms with E-state index in [1.54, 1.807) is 30.4 Å². The normalized spacial score (nSPS) is 10.1. The van der Waals surface area contributed by atoms with Gasteiger partial charge < -0.3 is 14.6 Å². The van der Waals surface area contributed by atoms with Crippen LogP contribution in [0.1, 0.15) is 12.5 Å². The number of benzene rings is 1. The lowest BCUT2D eigenvalue weighted by molar-refractivity contribution is -0.139. The molecule has 1 aromatic rings. The molecule has 7 nitrogen and oxygen atoms in total. The number of carboxylic acid groups (broad SMARTS) is 1. The van der Waals surface area contributed by atoms with Crippen molar-refractivity contribution < 1.29 is 19.4 Å². The Balaban J connectivity index is 3.00. The average molecular weight is 277 g/mol. The summed E-state index contributed by atoms with van der Waals surface area (Å²) in [5, 5.41) is 12.1. The number of carboxylic acids is 1. The highest BCUT2D eigenvalue weighted by molar-refractivity contribution is 5.69. The summed E-state index contributed by atoms with van der Waals surface area (Å²) in [5.41, 5.74) is 8.85. The van der Waals surface area contributed by atoms with Crippen molar-refractivity contribution in [3.05, 3.63) is 40.3 Å². The maximum absolute atomic E-state index is 10.6. The first-order chi connectivity index (χ1) is 9.69. The average Bonchev–Trinajstić information content (AvgIpc) is 2.43. The van der Waals surface area contributed by atoms with Crippen molar-refractivity contribution in [3.63, 3.8) is 0 Å². The smallest absolute Gasteiger partial charge is 0.341 e. The highest BCUT2D eigenvalue weighted by Crippen LogP contribution is 2.32. The Labute approximate surface area is 116 Å². The van der Waals surface area contributed by atoms with Crippen molar-refractivity contribution >= 4 is 12.0 Å². The largest absolute Gasteiger partial charge is 0.490 e. The second-order valence-electron chi connectivity index (χ2n) is 3.61. The second-order valence-corrected chi connectivity index (χ2v) is 3.61. The Morgan fingerprint density at radius 1 is 1.50 bits per heavy atom. The van der Waals surface area contributed by atoms with Crippen LogP contribution < -0.4 is 9.47 Å². The van der Waals surface area contributed by atoms with E-state index < -0.39 is 12.6 Å². The van der Waals surface area contributed by atoms with Crippen LogP contribution in [0.2, 0.25) is 0 Å². The van der Waals surface area contributed by atoms with Gasteiger partial charge >= 0.3 is 5.97 Å². The van der Waals surface area contributed by atoms with E-state index in [1.165, 1.54) is 0 Å². The third kappa shape index (κ3) is 4.91. The predicted molar refractivity (Wildman–Crippen MR) is 73.8 cm³/mol. The zero-order valence-electron chi connectivity index (χ0n) is 11.0. The Kier molecular flexibility index (Phi) is 6.50. The maximum Gasteiger partial charge on any atom is 0.341 e. The number of aliphatic carboxylic acids is 1. The number of rotatable bonds is 8. The third-order valence-electron chi connectivity index (χ3n) is 2.20. The van der Waals surface area contributed by atoms with Crippen molar-refractivity contribution in [2.45, 2.75) is 6.92 Å². The van der Waals surface area contributed by atoms with Gasteiger partial charge in [-0.2, -0.15) is 0 Å².